The van der Waals surface area contributed by atoms with Crippen LogP contribution in [0, 0.1) is 0 Å². The maximum atomic E-state index is 12.8. The number of thioether (sulfide) groups is 1. The number of hydrogen-bond donors (Lipinski definition) is 2. The molecule has 0 fully saturated rings. The van der Waals surface area contributed by atoms with Gasteiger partial charge in [-0.1, -0.05) is 35.9 Å². The highest BCUT2D eigenvalue weighted by atomic mass is 35.5. The minimum atomic E-state index is -1.15. The predicted molar refractivity (Wildman–Crippen MR) is 145 cm³/mol. The number of carbonyl (C=O) groups is 3. The highest BCUT2D eigenvalue weighted by Gasteiger charge is 2.25. The lowest BCUT2D eigenvalue weighted by Gasteiger charge is -2.15. The zero-order chi connectivity index (χ0) is 26.2. The van der Waals surface area contributed by atoms with Gasteiger partial charge in [0.15, 0.2) is 17.3 Å². The van der Waals surface area contributed by atoms with Gasteiger partial charge < -0.3 is 19.9 Å². The van der Waals surface area contributed by atoms with E-state index in [0.29, 0.717) is 15.7 Å². The van der Waals surface area contributed by atoms with Gasteiger partial charge in [-0.3, -0.25) is 14.4 Å². The van der Waals surface area contributed by atoms with Crippen LogP contribution in [0.4, 0.5) is 0 Å². The van der Waals surface area contributed by atoms with Crippen molar-refractivity contribution in [2.75, 3.05) is 12.5 Å². The zero-order valence-electron chi connectivity index (χ0n) is 19.9. The maximum absolute atomic E-state index is 12.8. The molecule has 2 aromatic carbocycles. The number of carboxylic acid groups (broad SMARTS) is 1. The van der Waals surface area contributed by atoms with Crippen LogP contribution in [0.25, 0.3) is 0 Å². The number of rotatable bonds is 13. The van der Waals surface area contributed by atoms with Crippen LogP contribution < -0.4 is 14.8 Å². The Morgan fingerprint density at radius 1 is 1.05 bits per heavy atom. The Kier molecular flexibility index (Phi) is 9.49. The number of Topliss-reactive ketones (excluding diaryl/α,β-unsaturated/α-hetero) is 1. The molecule has 0 bridgehead atoms. The van der Waals surface area contributed by atoms with E-state index in [0.717, 1.165) is 46.8 Å². The fourth-order valence-electron chi connectivity index (χ4n) is 3.82. The number of carboxylic acids is 1. The van der Waals surface area contributed by atoms with Gasteiger partial charge in [0.2, 0.25) is 6.79 Å². The number of halogens is 1. The highest BCUT2D eigenvalue weighted by molar-refractivity contribution is 7.99. The maximum Gasteiger partial charge on any atom is 0.305 e. The summed E-state index contributed by atoms with van der Waals surface area (Å²) >= 11 is 8.84. The van der Waals surface area contributed by atoms with Crippen LogP contribution >= 0.6 is 34.7 Å². The molecule has 1 unspecified atom stereocenters. The molecule has 3 aromatic rings. The van der Waals surface area contributed by atoms with Gasteiger partial charge in [-0.15, -0.1) is 23.1 Å². The molecule has 0 saturated carbocycles. The van der Waals surface area contributed by atoms with Crippen molar-refractivity contribution >= 4 is 52.4 Å². The summed E-state index contributed by atoms with van der Waals surface area (Å²) in [4.78, 5) is 38.4. The summed E-state index contributed by atoms with van der Waals surface area (Å²) in [7, 11) is 0. The quantitative estimate of drug-likeness (QED) is 0.290. The minimum absolute atomic E-state index is 0.0685. The van der Waals surface area contributed by atoms with Crippen LogP contribution in [0.3, 0.4) is 0 Å². The van der Waals surface area contributed by atoms with Crippen LogP contribution in [0.1, 0.15) is 38.5 Å². The zero-order valence-corrected chi connectivity index (χ0v) is 22.3. The highest BCUT2D eigenvalue weighted by Crippen LogP contribution is 2.33. The standard InChI is InChI=1S/C27H26ClNO6S2/c28-20-7-2-1-5-18(20)14-36-15-22(30)21(13-26(31)32)29-27(33)25-11-9-19(37-25)6-3-4-17-8-10-23-24(12-17)35-16-34-23/h1-2,5,7-12,21H,3-4,6,13-16H2,(H,29,33)(H,31,32). The molecule has 1 amide bonds. The second-order valence-electron chi connectivity index (χ2n) is 8.48. The summed E-state index contributed by atoms with van der Waals surface area (Å²) in [5.41, 5.74) is 2.05. The topological polar surface area (TPSA) is 102 Å². The van der Waals surface area contributed by atoms with Crippen molar-refractivity contribution in [3.8, 4) is 11.5 Å². The fraction of sp³-hybridized carbons (Fsp3) is 0.296. The molecule has 1 aliphatic rings. The summed E-state index contributed by atoms with van der Waals surface area (Å²) < 4.78 is 10.8. The van der Waals surface area contributed by atoms with Crippen molar-refractivity contribution in [2.24, 2.45) is 0 Å². The van der Waals surface area contributed by atoms with Crippen LogP contribution in [0.5, 0.6) is 11.5 Å². The SMILES string of the molecule is O=C(O)CC(NC(=O)c1ccc(CCCc2ccc3c(c2)OCO3)s1)C(=O)CSCc1ccccc1Cl. The first-order valence-corrected chi connectivity index (χ1v) is 14.1. The minimum Gasteiger partial charge on any atom is -0.481 e. The van der Waals surface area contributed by atoms with Crippen molar-refractivity contribution < 1.29 is 29.0 Å². The number of benzene rings is 2. The normalized spacial score (nSPS) is 12.8. The number of hydrogen-bond acceptors (Lipinski definition) is 7. The number of amides is 1. The molecule has 194 valence electrons. The number of ketones is 1. The smallest absolute Gasteiger partial charge is 0.305 e. The van der Waals surface area contributed by atoms with Gasteiger partial charge in [-0.05, 0) is 60.7 Å². The van der Waals surface area contributed by atoms with E-state index in [4.69, 9.17) is 21.1 Å². The van der Waals surface area contributed by atoms with E-state index >= 15 is 0 Å². The van der Waals surface area contributed by atoms with E-state index in [9.17, 15) is 19.5 Å². The number of thiophene rings is 1. The summed E-state index contributed by atoms with van der Waals surface area (Å²) in [5, 5.41) is 12.5. The molecule has 1 atom stereocenters. The third-order valence-electron chi connectivity index (χ3n) is 5.74. The monoisotopic (exact) mass is 559 g/mol. The molecule has 4 rings (SSSR count). The molecule has 37 heavy (non-hydrogen) atoms. The van der Waals surface area contributed by atoms with Crippen molar-refractivity contribution in [1.29, 1.82) is 0 Å². The summed E-state index contributed by atoms with van der Waals surface area (Å²) in [5.74, 6) is 0.177. The molecule has 0 saturated heterocycles. The average molecular weight is 560 g/mol. The van der Waals surface area contributed by atoms with Gasteiger partial charge in [-0.2, -0.15) is 0 Å². The molecule has 2 N–H and O–H groups in total. The van der Waals surface area contributed by atoms with Crippen LogP contribution in [0.15, 0.2) is 54.6 Å². The number of aliphatic carboxylic acids is 1. The Morgan fingerprint density at radius 3 is 2.68 bits per heavy atom. The van der Waals surface area contributed by atoms with E-state index in [1.165, 1.54) is 23.1 Å². The molecule has 2 heterocycles. The van der Waals surface area contributed by atoms with Crippen molar-refractivity contribution in [3.05, 3.63) is 80.5 Å². The van der Waals surface area contributed by atoms with E-state index in [1.807, 2.05) is 42.5 Å². The molecular weight excluding hydrogens is 534 g/mol. The van der Waals surface area contributed by atoms with E-state index in [2.05, 4.69) is 5.32 Å². The Hall–Kier alpha value is -3.01. The van der Waals surface area contributed by atoms with E-state index in [1.54, 1.807) is 12.1 Å². The lowest BCUT2D eigenvalue weighted by molar-refractivity contribution is -0.139. The van der Waals surface area contributed by atoms with Gasteiger partial charge in [0.05, 0.1) is 23.1 Å². The lowest BCUT2D eigenvalue weighted by Crippen LogP contribution is -2.43. The van der Waals surface area contributed by atoms with Crippen molar-refractivity contribution in [1.82, 2.24) is 5.32 Å². The van der Waals surface area contributed by atoms with E-state index < -0.39 is 24.3 Å². The lowest BCUT2D eigenvalue weighted by atomic mass is 10.1. The van der Waals surface area contributed by atoms with Crippen LogP contribution in [0.2, 0.25) is 5.02 Å². The van der Waals surface area contributed by atoms with Crippen molar-refractivity contribution in [2.45, 2.75) is 37.5 Å². The second kappa shape index (κ2) is 13.0. The molecule has 0 radical (unpaired) electrons. The summed E-state index contributed by atoms with van der Waals surface area (Å²) in [6.07, 6.45) is 2.08. The van der Waals surface area contributed by atoms with Gasteiger partial charge in [-0.25, -0.2) is 0 Å². The number of carbonyl (C=O) groups excluding carboxylic acids is 2. The molecule has 1 aliphatic heterocycles. The third kappa shape index (κ3) is 7.74. The molecule has 7 nitrogen and oxygen atoms in total. The van der Waals surface area contributed by atoms with Crippen LogP contribution in [-0.2, 0) is 28.2 Å². The first kappa shape index (κ1) is 27.0. The van der Waals surface area contributed by atoms with Gasteiger partial charge in [0.25, 0.3) is 5.91 Å². The number of fused-ring (bicyclic) bond motifs is 1. The van der Waals surface area contributed by atoms with Crippen molar-refractivity contribution in [3.63, 3.8) is 0 Å². The molecule has 0 spiro atoms. The summed E-state index contributed by atoms with van der Waals surface area (Å²) in [6.45, 7) is 0.249. The molecular formula is C27H26ClNO6S2. The molecule has 1 aromatic heterocycles. The Balaban J connectivity index is 1.27. The second-order valence-corrected chi connectivity index (χ2v) is 11.0. The molecule has 0 aliphatic carbocycles. The largest absolute Gasteiger partial charge is 0.481 e. The molecule has 10 heteroatoms. The first-order valence-electron chi connectivity index (χ1n) is 11.7. The fourth-order valence-corrected chi connectivity index (χ4v) is 6.03. The number of nitrogens with one attached hydrogen (secondary N) is 1. The number of aryl methyl sites for hydroxylation is 2. The first-order chi connectivity index (χ1) is 17.9. The third-order valence-corrected chi connectivity index (χ3v) is 8.26. The van der Waals surface area contributed by atoms with Gasteiger partial charge in [0.1, 0.15) is 0 Å². The average Bonchev–Trinajstić information content (AvgIpc) is 3.54. The Bertz CT molecular complexity index is 1280. The van der Waals surface area contributed by atoms with Gasteiger partial charge in [0, 0.05) is 15.7 Å². The Morgan fingerprint density at radius 2 is 1.86 bits per heavy atom. The Labute approximate surface area is 228 Å². The van der Waals surface area contributed by atoms with Gasteiger partial charge >= 0.3 is 5.97 Å². The van der Waals surface area contributed by atoms with E-state index in [-0.39, 0.29) is 18.3 Å². The number of ether oxygens (including phenoxy) is 2. The summed E-state index contributed by atoms with van der Waals surface area (Å²) in [6, 6.07) is 15.8. The van der Waals surface area contributed by atoms with Crippen LogP contribution in [-0.4, -0.2) is 41.4 Å². The predicted octanol–water partition coefficient (Wildman–Crippen LogP) is 5.38.